The lowest BCUT2D eigenvalue weighted by atomic mass is 9.91. The lowest BCUT2D eigenvalue weighted by molar-refractivity contribution is 0.178. The molecule has 1 heteroatoms. The van der Waals surface area contributed by atoms with Gasteiger partial charge < -0.3 is 5.11 Å². The highest BCUT2D eigenvalue weighted by Gasteiger charge is 2.14. The van der Waals surface area contributed by atoms with E-state index in [2.05, 4.69) is 13.0 Å². The fourth-order valence-corrected chi connectivity index (χ4v) is 1.94. The first-order chi connectivity index (χ1) is 6.34. The molecule has 1 aliphatic rings. The van der Waals surface area contributed by atoms with E-state index in [0.29, 0.717) is 0 Å². The predicted octanol–water partition coefficient (Wildman–Crippen LogP) is 3.43. The molecule has 0 aromatic rings. The summed E-state index contributed by atoms with van der Waals surface area (Å²) in [4.78, 5) is 0. The van der Waals surface area contributed by atoms with Crippen LogP contribution < -0.4 is 0 Å². The van der Waals surface area contributed by atoms with Gasteiger partial charge in [0, 0.05) is 0 Å². The van der Waals surface area contributed by atoms with E-state index in [4.69, 9.17) is 0 Å². The van der Waals surface area contributed by atoms with E-state index in [0.717, 1.165) is 12.8 Å². The van der Waals surface area contributed by atoms with Crippen molar-refractivity contribution in [1.29, 1.82) is 0 Å². The molecule has 0 amide bonds. The molecule has 0 aliphatic heterocycles. The first kappa shape index (κ1) is 10.8. The molecule has 0 aromatic heterocycles. The summed E-state index contributed by atoms with van der Waals surface area (Å²) in [7, 11) is 0. The Morgan fingerprint density at radius 1 is 1.38 bits per heavy atom. The summed E-state index contributed by atoms with van der Waals surface area (Å²) < 4.78 is 0. The average molecular weight is 182 g/mol. The summed E-state index contributed by atoms with van der Waals surface area (Å²) in [6, 6.07) is 0. The van der Waals surface area contributed by atoms with Crippen molar-refractivity contribution in [3.63, 3.8) is 0 Å². The topological polar surface area (TPSA) is 20.2 Å². The van der Waals surface area contributed by atoms with E-state index < -0.39 is 0 Å². The van der Waals surface area contributed by atoms with E-state index in [-0.39, 0.29) is 6.10 Å². The van der Waals surface area contributed by atoms with Crippen molar-refractivity contribution in [2.24, 2.45) is 0 Å². The zero-order valence-electron chi connectivity index (χ0n) is 8.76. The second-order valence-electron chi connectivity index (χ2n) is 4.04. The lowest BCUT2D eigenvalue weighted by Crippen LogP contribution is -2.14. The summed E-state index contributed by atoms with van der Waals surface area (Å²) in [5.41, 5.74) is 1.31. The number of hydrogen-bond donors (Lipinski definition) is 1. The molecular formula is C12H22O. The fourth-order valence-electron chi connectivity index (χ4n) is 1.94. The van der Waals surface area contributed by atoms with Crippen molar-refractivity contribution in [2.75, 3.05) is 0 Å². The van der Waals surface area contributed by atoms with E-state index in [9.17, 15) is 5.11 Å². The monoisotopic (exact) mass is 182 g/mol. The molecule has 76 valence electrons. The third kappa shape index (κ3) is 3.95. The van der Waals surface area contributed by atoms with Gasteiger partial charge >= 0.3 is 0 Å². The van der Waals surface area contributed by atoms with Gasteiger partial charge in [-0.25, -0.2) is 0 Å². The van der Waals surface area contributed by atoms with Crippen LogP contribution >= 0.6 is 0 Å². The van der Waals surface area contributed by atoms with Gasteiger partial charge in [-0.1, -0.05) is 32.3 Å². The lowest BCUT2D eigenvalue weighted by Gasteiger charge is -2.20. The fraction of sp³-hybridized carbons (Fsp3) is 0.833. The first-order valence-corrected chi connectivity index (χ1v) is 5.71. The van der Waals surface area contributed by atoms with Gasteiger partial charge in [0.05, 0.1) is 6.10 Å². The molecule has 0 spiro atoms. The molecule has 1 fully saturated rings. The van der Waals surface area contributed by atoms with E-state index in [1.54, 1.807) is 0 Å². The molecular weight excluding hydrogens is 160 g/mol. The summed E-state index contributed by atoms with van der Waals surface area (Å²) in [5, 5.41) is 9.66. The Hall–Kier alpha value is -0.300. The molecule has 1 N–H and O–H groups in total. The number of hydrogen-bond acceptors (Lipinski definition) is 1. The predicted molar refractivity (Wildman–Crippen MR) is 56.7 cm³/mol. The van der Waals surface area contributed by atoms with Crippen LogP contribution in [0.5, 0.6) is 0 Å². The van der Waals surface area contributed by atoms with E-state index in [1.807, 2.05) is 0 Å². The molecule has 0 saturated heterocycles. The zero-order valence-corrected chi connectivity index (χ0v) is 8.76. The van der Waals surface area contributed by atoms with Crippen molar-refractivity contribution in [2.45, 2.75) is 64.4 Å². The SMILES string of the molecule is CCCCC/C=C1/CCCCC1O. The molecule has 0 aromatic carbocycles. The standard InChI is InChI=1S/C12H22O/c1-2-3-4-5-8-11-9-6-7-10-12(11)13/h8,12-13H,2-7,9-10H2,1H3/b11-8-. The third-order valence-electron chi connectivity index (χ3n) is 2.84. The third-order valence-corrected chi connectivity index (χ3v) is 2.84. The van der Waals surface area contributed by atoms with Gasteiger partial charge in [-0.2, -0.15) is 0 Å². The zero-order chi connectivity index (χ0) is 9.52. The second kappa shape index (κ2) is 6.20. The minimum Gasteiger partial charge on any atom is -0.389 e. The van der Waals surface area contributed by atoms with Gasteiger partial charge in [0.1, 0.15) is 0 Å². The number of allylic oxidation sites excluding steroid dienone is 1. The maximum Gasteiger partial charge on any atom is 0.0750 e. The number of unbranched alkanes of at least 4 members (excludes halogenated alkanes) is 3. The van der Waals surface area contributed by atoms with Gasteiger partial charge in [0.15, 0.2) is 0 Å². The Labute approximate surface area is 81.9 Å². The van der Waals surface area contributed by atoms with Crippen molar-refractivity contribution >= 4 is 0 Å². The molecule has 13 heavy (non-hydrogen) atoms. The molecule has 1 atom stereocenters. The quantitative estimate of drug-likeness (QED) is 0.521. The second-order valence-corrected chi connectivity index (χ2v) is 4.04. The highest BCUT2D eigenvalue weighted by molar-refractivity contribution is 5.10. The van der Waals surface area contributed by atoms with Crippen LogP contribution in [0.2, 0.25) is 0 Å². The molecule has 1 unspecified atom stereocenters. The van der Waals surface area contributed by atoms with Gasteiger partial charge in [-0.15, -0.1) is 0 Å². The minimum atomic E-state index is -0.115. The molecule has 0 heterocycles. The molecule has 1 rings (SSSR count). The van der Waals surface area contributed by atoms with Gasteiger partial charge in [0.2, 0.25) is 0 Å². The number of aliphatic hydroxyl groups is 1. The first-order valence-electron chi connectivity index (χ1n) is 5.71. The molecule has 0 radical (unpaired) electrons. The summed E-state index contributed by atoms with van der Waals surface area (Å²) >= 11 is 0. The van der Waals surface area contributed by atoms with Gasteiger partial charge in [0.25, 0.3) is 0 Å². The maximum atomic E-state index is 9.66. The highest BCUT2D eigenvalue weighted by Crippen LogP contribution is 2.24. The Bertz CT molecular complexity index is 161. The van der Waals surface area contributed by atoms with Crippen molar-refractivity contribution in [3.8, 4) is 0 Å². The summed E-state index contributed by atoms with van der Waals surface area (Å²) in [6.45, 7) is 2.22. The van der Waals surface area contributed by atoms with Gasteiger partial charge in [-0.05, 0) is 37.7 Å². The average Bonchev–Trinajstić information content (AvgIpc) is 2.15. The van der Waals surface area contributed by atoms with Gasteiger partial charge in [-0.3, -0.25) is 0 Å². The molecule has 1 nitrogen and oxygen atoms in total. The largest absolute Gasteiger partial charge is 0.389 e. The van der Waals surface area contributed by atoms with Crippen molar-refractivity contribution < 1.29 is 5.11 Å². The van der Waals surface area contributed by atoms with Crippen LogP contribution in [-0.2, 0) is 0 Å². The Morgan fingerprint density at radius 3 is 2.92 bits per heavy atom. The van der Waals surface area contributed by atoms with Crippen LogP contribution in [0.25, 0.3) is 0 Å². The Balaban J connectivity index is 2.22. The maximum absolute atomic E-state index is 9.66. The number of aliphatic hydroxyl groups excluding tert-OH is 1. The Kier molecular flexibility index (Phi) is 5.14. The Morgan fingerprint density at radius 2 is 2.23 bits per heavy atom. The number of rotatable bonds is 4. The van der Waals surface area contributed by atoms with Crippen LogP contribution in [0.3, 0.4) is 0 Å². The summed E-state index contributed by atoms with van der Waals surface area (Å²) in [5.74, 6) is 0. The van der Waals surface area contributed by atoms with Crippen molar-refractivity contribution in [3.05, 3.63) is 11.6 Å². The summed E-state index contributed by atoms with van der Waals surface area (Å²) in [6.07, 6.45) is 11.8. The highest BCUT2D eigenvalue weighted by atomic mass is 16.3. The van der Waals surface area contributed by atoms with Crippen LogP contribution in [0, 0.1) is 0 Å². The van der Waals surface area contributed by atoms with E-state index in [1.165, 1.54) is 44.1 Å². The van der Waals surface area contributed by atoms with Crippen LogP contribution in [0.15, 0.2) is 11.6 Å². The molecule has 0 bridgehead atoms. The minimum absolute atomic E-state index is 0.115. The van der Waals surface area contributed by atoms with Crippen LogP contribution in [0.1, 0.15) is 58.3 Å². The van der Waals surface area contributed by atoms with Crippen LogP contribution in [-0.4, -0.2) is 11.2 Å². The smallest absolute Gasteiger partial charge is 0.0750 e. The molecule has 1 saturated carbocycles. The van der Waals surface area contributed by atoms with Crippen LogP contribution in [0.4, 0.5) is 0 Å². The molecule has 1 aliphatic carbocycles. The van der Waals surface area contributed by atoms with E-state index >= 15 is 0 Å². The van der Waals surface area contributed by atoms with Crippen molar-refractivity contribution in [1.82, 2.24) is 0 Å². The normalized spacial score (nSPS) is 26.6.